The second-order valence-corrected chi connectivity index (χ2v) is 14.1. The molecule has 0 aliphatic carbocycles. The van der Waals surface area contributed by atoms with Crippen LogP contribution in [0, 0.1) is 0 Å². The maximum Gasteiger partial charge on any atom is 0.143 e. The summed E-state index contributed by atoms with van der Waals surface area (Å²) >= 11 is 0. The molecular formula is C52H34N2O. The zero-order valence-electron chi connectivity index (χ0n) is 29.9. The molecule has 55 heavy (non-hydrogen) atoms. The highest BCUT2D eigenvalue weighted by Crippen LogP contribution is 2.46. The first-order valence-corrected chi connectivity index (χ1v) is 18.8. The Morgan fingerprint density at radius 1 is 0.400 bits per heavy atom. The van der Waals surface area contributed by atoms with Gasteiger partial charge in [-0.15, -0.1) is 0 Å². The highest BCUT2D eigenvalue weighted by atomic mass is 16.3. The van der Waals surface area contributed by atoms with Crippen molar-refractivity contribution in [2.45, 2.75) is 0 Å². The van der Waals surface area contributed by atoms with E-state index in [0.717, 1.165) is 61.2 Å². The van der Waals surface area contributed by atoms with Crippen molar-refractivity contribution in [3.8, 4) is 27.9 Å². The lowest BCUT2D eigenvalue weighted by molar-refractivity contribution is 0.672. The van der Waals surface area contributed by atoms with Gasteiger partial charge in [0.1, 0.15) is 11.2 Å². The summed E-state index contributed by atoms with van der Waals surface area (Å²) in [6, 6.07) is 73.9. The van der Waals surface area contributed by atoms with Crippen LogP contribution in [0.5, 0.6) is 0 Å². The fraction of sp³-hybridized carbons (Fsp3) is 0. The number of nitrogens with zero attached hydrogens (tertiary/aromatic N) is 2. The van der Waals surface area contributed by atoms with E-state index >= 15 is 0 Å². The Kier molecular flexibility index (Phi) is 7.17. The Morgan fingerprint density at radius 2 is 1.04 bits per heavy atom. The lowest BCUT2D eigenvalue weighted by atomic mass is 9.98. The molecule has 3 nitrogen and oxygen atoms in total. The standard InChI is InChI=1S/C52H34N2O/c1-3-15-35(16-4-1)37-18-11-22-40(33-37)53(48-29-14-30-49-51(48)45-32-31-36-17-7-8-24-43(36)52(45)55-49)41-23-12-19-38(34-41)42-26-13-28-47-50(42)44-25-9-10-27-46(44)54(47)39-20-5-2-6-21-39/h1-34H. The van der Waals surface area contributed by atoms with Gasteiger partial charge in [0.15, 0.2) is 0 Å². The molecule has 11 rings (SSSR count). The number of para-hydroxylation sites is 2. The summed E-state index contributed by atoms with van der Waals surface area (Å²) in [4.78, 5) is 2.40. The molecule has 0 spiro atoms. The normalized spacial score (nSPS) is 11.6. The third kappa shape index (κ3) is 5.05. The van der Waals surface area contributed by atoms with Crippen LogP contribution in [-0.4, -0.2) is 4.57 Å². The molecule has 2 heterocycles. The number of fused-ring (bicyclic) bond motifs is 8. The fourth-order valence-corrected chi connectivity index (χ4v) is 8.53. The number of anilines is 3. The average molecular weight is 703 g/mol. The largest absolute Gasteiger partial charge is 0.455 e. The van der Waals surface area contributed by atoms with Gasteiger partial charge in [0.05, 0.1) is 22.1 Å². The topological polar surface area (TPSA) is 21.3 Å². The number of furan rings is 1. The van der Waals surface area contributed by atoms with Crippen LogP contribution in [0.2, 0.25) is 0 Å². The first-order valence-electron chi connectivity index (χ1n) is 18.8. The summed E-state index contributed by atoms with van der Waals surface area (Å²) in [5.41, 5.74) is 13.2. The summed E-state index contributed by atoms with van der Waals surface area (Å²) in [6.45, 7) is 0. The van der Waals surface area contributed by atoms with Crippen molar-refractivity contribution >= 4 is 71.6 Å². The Hall–Kier alpha value is -7.36. The fourth-order valence-electron chi connectivity index (χ4n) is 8.53. The SMILES string of the molecule is c1ccc(-c2cccc(N(c3cccc(-c4cccc5c4c4ccccc4n5-c4ccccc4)c3)c3cccc4oc5c6ccccc6ccc5c34)c2)cc1. The second-order valence-electron chi connectivity index (χ2n) is 14.1. The lowest BCUT2D eigenvalue weighted by Crippen LogP contribution is -2.10. The quantitative estimate of drug-likeness (QED) is 0.172. The molecule has 258 valence electrons. The molecule has 0 aliphatic heterocycles. The first kappa shape index (κ1) is 31.2. The second kappa shape index (κ2) is 12.6. The summed E-state index contributed by atoms with van der Waals surface area (Å²) in [6.07, 6.45) is 0. The van der Waals surface area contributed by atoms with E-state index in [1.807, 2.05) is 0 Å². The Balaban J connectivity index is 1.16. The molecule has 11 aromatic rings. The van der Waals surface area contributed by atoms with Crippen LogP contribution in [0.4, 0.5) is 17.1 Å². The van der Waals surface area contributed by atoms with Crippen molar-refractivity contribution in [3.05, 3.63) is 206 Å². The minimum Gasteiger partial charge on any atom is -0.455 e. The van der Waals surface area contributed by atoms with E-state index < -0.39 is 0 Å². The van der Waals surface area contributed by atoms with E-state index in [2.05, 4.69) is 216 Å². The van der Waals surface area contributed by atoms with Crippen LogP contribution in [0.15, 0.2) is 211 Å². The molecule has 0 radical (unpaired) electrons. The van der Waals surface area contributed by atoms with Crippen LogP contribution in [-0.2, 0) is 0 Å². The molecule has 3 heteroatoms. The molecule has 0 atom stereocenters. The summed E-state index contributed by atoms with van der Waals surface area (Å²) in [7, 11) is 0. The van der Waals surface area contributed by atoms with Gasteiger partial charge in [-0.25, -0.2) is 0 Å². The molecule has 0 fully saturated rings. The van der Waals surface area contributed by atoms with Gasteiger partial charge in [-0.1, -0.05) is 140 Å². The maximum absolute atomic E-state index is 6.71. The van der Waals surface area contributed by atoms with Crippen LogP contribution in [0.3, 0.4) is 0 Å². The molecule has 0 saturated heterocycles. The van der Waals surface area contributed by atoms with Gasteiger partial charge in [-0.2, -0.15) is 0 Å². The first-order chi connectivity index (χ1) is 27.3. The number of benzene rings is 9. The third-order valence-electron chi connectivity index (χ3n) is 10.9. The highest BCUT2D eigenvalue weighted by molar-refractivity contribution is 6.20. The summed E-state index contributed by atoms with van der Waals surface area (Å²) in [5, 5.41) is 6.95. The van der Waals surface area contributed by atoms with Crippen molar-refractivity contribution < 1.29 is 4.42 Å². The molecule has 0 unspecified atom stereocenters. The van der Waals surface area contributed by atoms with Gasteiger partial charge in [-0.3, -0.25) is 0 Å². The summed E-state index contributed by atoms with van der Waals surface area (Å²) in [5.74, 6) is 0. The van der Waals surface area contributed by atoms with Crippen LogP contribution < -0.4 is 4.90 Å². The predicted molar refractivity (Wildman–Crippen MR) is 231 cm³/mol. The minimum atomic E-state index is 0.864. The zero-order valence-corrected chi connectivity index (χ0v) is 29.9. The van der Waals surface area contributed by atoms with E-state index in [4.69, 9.17) is 4.42 Å². The van der Waals surface area contributed by atoms with Crippen LogP contribution >= 0.6 is 0 Å². The number of hydrogen-bond acceptors (Lipinski definition) is 2. The molecule has 0 amide bonds. The maximum atomic E-state index is 6.71. The Labute approximate surface area is 318 Å². The van der Waals surface area contributed by atoms with Gasteiger partial charge in [0.2, 0.25) is 0 Å². The van der Waals surface area contributed by atoms with E-state index in [9.17, 15) is 0 Å². The molecule has 0 aliphatic rings. The van der Waals surface area contributed by atoms with E-state index in [0.29, 0.717) is 0 Å². The number of rotatable bonds is 6. The van der Waals surface area contributed by atoms with Crippen molar-refractivity contribution in [2.24, 2.45) is 0 Å². The number of aromatic nitrogens is 1. The van der Waals surface area contributed by atoms with E-state index in [1.165, 1.54) is 38.3 Å². The Bertz CT molecular complexity index is 3210. The van der Waals surface area contributed by atoms with Gasteiger partial charge >= 0.3 is 0 Å². The van der Waals surface area contributed by atoms with Crippen molar-refractivity contribution in [1.29, 1.82) is 0 Å². The lowest BCUT2D eigenvalue weighted by Gasteiger charge is -2.27. The van der Waals surface area contributed by atoms with E-state index in [-0.39, 0.29) is 0 Å². The van der Waals surface area contributed by atoms with Crippen molar-refractivity contribution in [1.82, 2.24) is 4.57 Å². The van der Waals surface area contributed by atoms with Crippen molar-refractivity contribution in [3.63, 3.8) is 0 Å². The highest BCUT2D eigenvalue weighted by Gasteiger charge is 2.22. The van der Waals surface area contributed by atoms with Crippen LogP contribution in [0.1, 0.15) is 0 Å². The van der Waals surface area contributed by atoms with Gasteiger partial charge < -0.3 is 13.9 Å². The molecule has 0 N–H and O–H groups in total. The molecule has 2 aromatic heterocycles. The molecule has 0 saturated carbocycles. The smallest absolute Gasteiger partial charge is 0.143 e. The zero-order chi connectivity index (χ0) is 36.3. The predicted octanol–water partition coefficient (Wildman–Crippen LogP) is 14.6. The summed E-state index contributed by atoms with van der Waals surface area (Å²) < 4.78 is 9.10. The third-order valence-corrected chi connectivity index (χ3v) is 10.9. The molecular weight excluding hydrogens is 669 g/mol. The van der Waals surface area contributed by atoms with Crippen LogP contribution in [0.25, 0.3) is 82.5 Å². The van der Waals surface area contributed by atoms with Crippen molar-refractivity contribution in [2.75, 3.05) is 4.90 Å². The average Bonchev–Trinajstić information content (AvgIpc) is 3.82. The molecule has 9 aromatic carbocycles. The minimum absolute atomic E-state index is 0.864. The number of hydrogen-bond donors (Lipinski definition) is 0. The monoisotopic (exact) mass is 702 g/mol. The Morgan fingerprint density at radius 3 is 1.87 bits per heavy atom. The van der Waals surface area contributed by atoms with Gasteiger partial charge in [-0.05, 0) is 94.4 Å². The van der Waals surface area contributed by atoms with E-state index in [1.54, 1.807) is 0 Å². The molecule has 0 bridgehead atoms. The van der Waals surface area contributed by atoms with Gasteiger partial charge in [0.25, 0.3) is 0 Å². The van der Waals surface area contributed by atoms with Gasteiger partial charge in [0, 0.05) is 38.6 Å².